The molecule has 0 fully saturated rings. The summed E-state index contributed by atoms with van der Waals surface area (Å²) in [4.78, 5) is 13.0. The van der Waals surface area contributed by atoms with Gasteiger partial charge in [-0.2, -0.15) is 10.1 Å². The van der Waals surface area contributed by atoms with Crippen molar-refractivity contribution in [3.05, 3.63) is 93.7 Å². The molecule has 7 heteroatoms. The molecule has 5 nitrogen and oxygen atoms in total. The molecule has 1 heterocycles. The predicted octanol–water partition coefficient (Wildman–Crippen LogP) is 5.98. The number of amides is 1. The zero-order chi connectivity index (χ0) is 22.7. The molecule has 1 aliphatic rings. The van der Waals surface area contributed by atoms with Crippen LogP contribution in [0.2, 0.25) is 0 Å². The fraction of sp³-hybridized carbons (Fsp3) is 0.120. The van der Waals surface area contributed by atoms with Crippen LogP contribution in [-0.2, 0) is 11.4 Å². The fourth-order valence-electron chi connectivity index (χ4n) is 3.29. The lowest BCUT2D eigenvalue weighted by Gasteiger charge is -2.14. The summed E-state index contributed by atoms with van der Waals surface area (Å²) >= 11 is 3.54. The molecule has 4 rings (SSSR count). The zero-order valence-electron chi connectivity index (χ0n) is 17.5. The molecule has 3 aromatic rings. The molecule has 1 aliphatic heterocycles. The molecule has 0 atom stereocenters. The second-order valence-electron chi connectivity index (χ2n) is 7.10. The number of carbonyl (C=O) groups is 1. The number of nitrogens with zero attached hydrogens (tertiary/aromatic N) is 2. The quantitative estimate of drug-likeness (QED) is 0.396. The molecule has 0 saturated carbocycles. The van der Waals surface area contributed by atoms with E-state index in [1.54, 1.807) is 43.3 Å². The first kappa shape index (κ1) is 21.8. The van der Waals surface area contributed by atoms with Crippen molar-refractivity contribution >= 4 is 39.3 Å². The summed E-state index contributed by atoms with van der Waals surface area (Å²) in [5, 5.41) is 5.79. The fourth-order valence-corrected chi connectivity index (χ4v) is 3.73. The van der Waals surface area contributed by atoms with Crippen LogP contribution in [0.25, 0.3) is 6.08 Å². The maximum Gasteiger partial charge on any atom is 0.280 e. The van der Waals surface area contributed by atoms with Gasteiger partial charge in [0.15, 0.2) is 11.5 Å². The van der Waals surface area contributed by atoms with Gasteiger partial charge in [0.1, 0.15) is 12.4 Å². The highest BCUT2D eigenvalue weighted by atomic mass is 79.9. The Kier molecular flexibility index (Phi) is 6.37. The van der Waals surface area contributed by atoms with Crippen molar-refractivity contribution in [3.63, 3.8) is 0 Å². The van der Waals surface area contributed by atoms with Crippen LogP contribution in [0.15, 0.2) is 81.9 Å². The summed E-state index contributed by atoms with van der Waals surface area (Å²) in [5.41, 5.74) is 2.98. The Morgan fingerprint density at radius 1 is 1.06 bits per heavy atom. The monoisotopic (exact) mass is 494 g/mol. The van der Waals surface area contributed by atoms with Gasteiger partial charge in [0, 0.05) is 10.0 Å². The number of anilines is 1. The first-order valence-corrected chi connectivity index (χ1v) is 10.7. The van der Waals surface area contributed by atoms with E-state index in [-0.39, 0.29) is 18.3 Å². The number of carbonyl (C=O) groups excluding carboxylic acids is 1. The van der Waals surface area contributed by atoms with Crippen LogP contribution in [-0.4, -0.2) is 18.7 Å². The standard InChI is InChI=1S/C25H20BrFN2O3/c1-16-20(25(30)29(28-16)19-9-4-3-5-10-19)12-18-13-23(31-2)24(14-21(18)26)32-15-17-8-6-7-11-22(17)27/h3-14H,15H2,1-2H3/b20-12-. The van der Waals surface area contributed by atoms with Crippen molar-refractivity contribution < 1.29 is 18.7 Å². The average Bonchev–Trinajstić information content (AvgIpc) is 3.08. The van der Waals surface area contributed by atoms with Crippen LogP contribution in [0.1, 0.15) is 18.1 Å². The maximum absolute atomic E-state index is 13.9. The zero-order valence-corrected chi connectivity index (χ0v) is 19.1. The minimum atomic E-state index is -0.329. The number of halogens is 2. The van der Waals surface area contributed by atoms with Gasteiger partial charge in [-0.25, -0.2) is 4.39 Å². The third-order valence-electron chi connectivity index (χ3n) is 4.99. The second kappa shape index (κ2) is 9.36. The van der Waals surface area contributed by atoms with E-state index in [0.717, 1.165) is 5.56 Å². The van der Waals surface area contributed by atoms with Gasteiger partial charge in [-0.1, -0.05) is 52.3 Å². The van der Waals surface area contributed by atoms with Gasteiger partial charge in [0.05, 0.1) is 24.1 Å². The van der Waals surface area contributed by atoms with Crippen LogP contribution in [0.4, 0.5) is 10.1 Å². The van der Waals surface area contributed by atoms with Crippen LogP contribution >= 0.6 is 15.9 Å². The number of methoxy groups -OCH3 is 1. The summed E-state index contributed by atoms with van der Waals surface area (Å²) in [6.45, 7) is 1.86. The lowest BCUT2D eigenvalue weighted by Crippen LogP contribution is -2.21. The molecule has 0 bridgehead atoms. The van der Waals surface area contributed by atoms with Gasteiger partial charge < -0.3 is 9.47 Å². The normalized spacial score (nSPS) is 14.6. The van der Waals surface area contributed by atoms with E-state index in [1.807, 2.05) is 30.3 Å². The average molecular weight is 495 g/mol. The summed E-state index contributed by atoms with van der Waals surface area (Å²) < 4.78 is 25.9. The molecular weight excluding hydrogens is 475 g/mol. The second-order valence-corrected chi connectivity index (χ2v) is 7.95. The Labute approximate surface area is 193 Å². The third-order valence-corrected chi connectivity index (χ3v) is 5.67. The Bertz CT molecular complexity index is 1230. The number of hydrogen-bond acceptors (Lipinski definition) is 4. The topological polar surface area (TPSA) is 51.1 Å². The number of ether oxygens (including phenoxy) is 2. The van der Waals surface area contributed by atoms with Gasteiger partial charge >= 0.3 is 0 Å². The molecule has 1 amide bonds. The van der Waals surface area contributed by atoms with Crippen LogP contribution in [0.5, 0.6) is 11.5 Å². The number of para-hydroxylation sites is 1. The van der Waals surface area contributed by atoms with Crippen LogP contribution in [0, 0.1) is 5.82 Å². The Balaban J connectivity index is 1.60. The minimum Gasteiger partial charge on any atom is -0.493 e. The molecule has 0 unspecified atom stereocenters. The lowest BCUT2D eigenvalue weighted by atomic mass is 10.1. The number of benzene rings is 3. The third kappa shape index (κ3) is 4.43. The highest BCUT2D eigenvalue weighted by Crippen LogP contribution is 2.36. The van der Waals surface area contributed by atoms with Gasteiger partial charge in [0.25, 0.3) is 5.91 Å². The Morgan fingerprint density at radius 2 is 1.78 bits per heavy atom. The Morgan fingerprint density at radius 3 is 2.50 bits per heavy atom. The van der Waals surface area contributed by atoms with Crippen LogP contribution in [0.3, 0.4) is 0 Å². The molecule has 0 N–H and O–H groups in total. The maximum atomic E-state index is 13.9. The van der Waals surface area contributed by atoms with Crippen molar-refractivity contribution in [3.8, 4) is 11.5 Å². The first-order chi connectivity index (χ1) is 15.5. The number of rotatable bonds is 6. The number of hydrazone groups is 1. The van der Waals surface area contributed by atoms with E-state index in [2.05, 4.69) is 21.0 Å². The van der Waals surface area contributed by atoms with Crippen molar-refractivity contribution in [2.24, 2.45) is 5.10 Å². The van der Waals surface area contributed by atoms with Gasteiger partial charge in [0.2, 0.25) is 0 Å². The predicted molar refractivity (Wildman–Crippen MR) is 126 cm³/mol. The van der Waals surface area contributed by atoms with E-state index >= 15 is 0 Å². The van der Waals surface area contributed by atoms with E-state index in [0.29, 0.717) is 38.5 Å². The largest absolute Gasteiger partial charge is 0.493 e. The summed E-state index contributed by atoms with van der Waals surface area (Å²) in [5.74, 6) is 0.388. The summed E-state index contributed by atoms with van der Waals surface area (Å²) in [6.07, 6.45) is 1.76. The molecule has 0 saturated heterocycles. The summed E-state index contributed by atoms with van der Waals surface area (Å²) in [6, 6.07) is 19.2. The molecule has 3 aromatic carbocycles. The van der Waals surface area contributed by atoms with E-state index in [4.69, 9.17) is 9.47 Å². The molecule has 0 aromatic heterocycles. The minimum absolute atomic E-state index is 0.0617. The Hall–Kier alpha value is -3.45. The lowest BCUT2D eigenvalue weighted by molar-refractivity contribution is -0.114. The molecular formula is C25H20BrFN2O3. The smallest absolute Gasteiger partial charge is 0.280 e. The molecule has 162 valence electrons. The summed E-state index contributed by atoms with van der Waals surface area (Å²) in [7, 11) is 1.53. The van der Waals surface area contributed by atoms with E-state index in [1.165, 1.54) is 18.2 Å². The highest BCUT2D eigenvalue weighted by molar-refractivity contribution is 9.10. The highest BCUT2D eigenvalue weighted by Gasteiger charge is 2.29. The van der Waals surface area contributed by atoms with Gasteiger partial charge in [-0.15, -0.1) is 0 Å². The van der Waals surface area contributed by atoms with Crippen molar-refractivity contribution in [2.45, 2.75) is 13.5 Å². The first-order valence-electron chi connectivity index (χ1n) is 9.88. The molecule has 32 heavy (non-hydrogen) atoms. The molecule has 0 spiro atoms. The SMILES string of the molecule is COc1cc(/C=C2\C(=O)N(c3ccccc3)N=C2C)c(Br)cc1OCc1ccccc1F. The van der Waals surface area contributed by atoms with Crippen LogP contribution < -0.4 is 14.5 Å². The van der Waals surface area contributed by atoms with E-state index < -0.39 is 0 Å². The van der Waals surface area contributed by atoms with Crippen molar-refractivity contribution in [2.75, 3.05) is 12.1 Å². The molecule has 0 aliphatic carbocycles. The van der Waals surface area contributed by atoms with Gasteiger partial charge in [-0.3, -0.25) is 4.79 Å². The van der Waals surface area contributed by atoms with E-state index in [9.17, 15) is 9.18 Å². The number of hydrogen-bond donors (Lipinski definition) is 0. The van der Waals surface area contributed by atoms with Gasteiger partial charge in [-0.05, 0) is 48.9 Å². The van der Waals surface area contributed by atoms with Crippen molar-refractivity contribution in [1.82, 2.24) is 0 Å². The van der Waals surface area contributed by atoms with Crippen molar-refractivity contribution in [1.29, 1.82) is 0 Å². The molecule has 0 radical (unpaired) electrons.